The summed E-state index contributed by atoms with van der Waals surface area (Å²) in [6.07, 6.45) is 4.31. The van der Waals surface area contributed by atoms with Gasteiger partial charge in [-0.25, -0.2) is 4.52 Å². The maximum absolute atomic E-state index is 10.8. The quantitative estimate of drug-likeness (QED) is 0.798. The summed E-state index contributed by atoms with van der Waals surface area (Å²) in [6, 6.07) is 5.87. The Hall–Kier alpha value is -2.34. The summed E-state index contributed by atoms with van der Waals surface area (Å²) in [4.78, 5) is 0. The lowest BCUT2D eigenvalue weighted by Crippen LogP contribution is -2.13. The summed E-state index contributed by atoms with van der Waals surface area (Å²) in [5, 5.41) is 19.4. The molecule has 0 aliphatic heterocycles. The molecule has 6 nitrogen and oxygen atoms in total. The molecule has 1 atom stereocenters. The van der Waals surface area contributed by atoms with E-state index in [0.717, 1.165) is 11.1 Å². The van der Waals surface area contributed by atoms with Gasteiger partial charge in [0.15, 0.2) is 5.75 Å². The van der Waals surface area contributed by atoms with Gasteiger partial charge in [-0.05, 0) is 26.0 Å². The molecule has 0 aliphatic rings. The number of hydrogen-bond donors (Lipinski definition) is 1. The highest BCUT2D eigenvalue weighted by Gasteiger charge is 2.25. The Morgan fingerprint density at radius 1 is 1.19 bits per heavy atom. The minimum Gasteiger partial charge on any atom is -0.493 e. The second-order valence-corrected chi connectivity index (χ2v) is 5.17. The van der Waals surface area contributed by atoms with E-state index in [0.29, 0.717) is 11.4 Å². The van der Waals surface area contributed by atoms with E-state index in [1.54, 1.807) is 28.7 Å². The molecule has 0 radical (unpaired) electrons. The van der Waals surface area contributed by atoms with E-state index in [9.17, 15) is 5.11 Å². The first kappa shape index (κ1) is 13.6. The summed E-state index contributed by atoms with van der Waals surface area (Å²) >= 11 is 0. The minimum absolute atomic E-state index is 0.125. The molecule has 6 heteroatoms. The number of pyridine rings is 1. The van der Waals surface area contributed by atoms with E-state index in [2.05, 4.69) is 10.2 Å². The predicted molar refractivity (Wildman–Crippen MR) is 78.4 cm³/mol. The molecule has 1 N–H and O–H groups in total. The van der Waals surface area contributed by atoms with Crippen LogP contribution < -0.4 is 4.74 Å². The van der Waals surface area contributed by atoms with Crippen LogP contribution in [0, 0.1) is 0 Å². The van der Waals surface area contributed by atoms with Crippen LogP contribution in [0.15, 0.2) is 36.8 Å². The molecule has 110 valence electrons. The van der Waals surface area contributed by atoms with Gasteiger partial charge < -0.3 is 9.84 Å². The molecule has 3 heterocycles. The van der Waals surface area contributed by atoms with Crippen LogP contribution in [0.4, 0.5) is 0 Å². The smallest absolute Gasteiger partial charge is 0.163 e. The number of aliphatic hydroxyl groups excluding tert-OH is 1. The van der Waals surface area contributed by atoms with Gasteiger partial charge >= 0.3 is 0 Å². The van der Waals surface area contributed by atoms with Gasteiger partial charge in [0, 0.05) is 17.8 Å². The molecule has 0 fully saturated rings. The Kier molecular flexibility index (Phi) is 3.39. The molecule has 3 aromatic heterocycles. The molecule has 0 amide bonds. The molecular formula is C15H18N4O2. The molecule has 0 aliphatic carbocycles. The number of fused-ring (bicyclic) bond motifs is 1. The Balaban J connectivity index is 2.14. The Morgan fingerprint density at radius 3 is 2.71 bits per heavy atom. The van der Waals surface area contributed by atoms with E-state index >= 15 is 0 Å². The van der Waals surface area contributed by atoms with Gasteiger partial charge in [-0.15, -0.1) is 0 Å². The molecule has 0 saturated heterocycles. The molecule has 0 saturated carbocycles. The Morgan fingerprint density at radius 2 is 2.00 bits per heavy atom. The highest BCUT2D eigenvalue weighted by atomic mass is 16.5. The van der Waals surface area contributed by atoms with Crippen molar-refractivity contribution < 1.29 is 9.84 Å². The number of methoxy groups -OCH3 is 1. The number of hydrogen-bond acceptors (Lipinski definition) is 4. The normalized spacial score (nSPS) is 13.0. The fourth-order valence-corrected chi connectivity index (χ4v) is 2.50. The van der Waals surface area contributed by atoms with Crippen molar-refractivity contribution in [1.82, 2.24) is 19.4 Å². The van der Waals surface area contributed by atoms with Crippen molar-refractivity contribution in [1.29, 1.82) is 0 Å². The fraction of sp³-hybridized carbons (Fsp3) is 0.333. The number of ether oxygens (including phenoxy) is 1. The van der Waals surface area contributed by atoms with Gasteiger partial charge in [0.2, 0.25) is 0 Å². The van der Waals surface area contributed by atoms with Crippen molar-refractivity contribution in [2.45, 2.75) is 26.0 Å². The largest absolute Gasteiger partial charge is 0.493 e. The SMILES string of the molecule is COc1cnn(C(C)C)c1C(O)c1cnn2ccccc12. The van der Waals surface area contributed by atoms with Crippen LogP contribution >= 0.6 is 0 Å². The summed E-state index contributed by atoms with van der Waals surface area (Å²) in [6.45, 7) is 4.03. The highest BCUT2D eigenvalue weighted by Crippen LogP contribution is 2.33. The lowest BCUT2D eigenvalue weighted by molar-refractivity contribution is 0.201. The van der Waals surface area contributed by atoms with Crippen LogP contribution in [0.1, 0.15) is 37.3 Å². The van der Waals surface area contributed by atoms with Gasteiger partial charge in [0.05, 0.1) is 25.0 Å². The third-order valence-electron chi connectivity index (χ3n) is 3.52. The monoisotopic (exact) mass is 286 g/mol. The van der Waals surface area contributed by atoms with Crippen LogP contribution in [-0.2, 0) is 0 Å². The van der Waals surface area contributed by atoms with Gasteiger partial charge in [-0.3, -0.25) is 4.68 Å². The predicted octanol–water partition coefficient (Wildman–Crippen LogP) is 2.20. The van der Waals surface area contributed by atoms with Crippen LogP contribution in [0.2, 0.25) is 0 Å². The first-order valence-electron chi connectivity index (χ1n) is 6.85. The maximum atomic E-state index is 10.8. The first-order valence-corrected chi connectivity index (χ1v) is 6.85. The van der Waals surface area contributed by atoms with E-state index in [-0.39, 0.29) is 6.04 Å². The second-order valence-electron chi connectivity index (χ2n) is 5.17. The van der Waals surface area contributed by atoms with Crippen LogP contribution in [0.3, 0.4) is 0 Å². The zero-order chi connectivity index (χ0) is 15.0. The number of nitrogens with zero attached hydrogens (tertiary/aromatic N) is 4. The standard InChI is InChI=1S/C15H18N4O2/c1-10(2)19-14(13(21-3)9-17-19)15(20)11-8-16-18-7-5-4-6-12(11)18/h4-10,15,20H,1-3H3. The number of aliphatic hydroxyl groups is 1. The summed E-state index contributed by atoms with van der Waals surface area (Å²) in [5.74, 6) is 0.575. The van der Waals surface area contributed by atoms with Crippen molar-refractivity contribution in [3.8, 4) is 5.75 Å². The molecule has 0 spiro atoms. The van der Waals surface area contributed by atoms with Crippen LogP contribution in [-0.4, -0.2) is 31.6 Å². The highest BCUT2D eigenvalue weighted by molar-refractivity contribution is 5.56. The topological polar surface area (TPSA) is 64.6 Å². The molecule has 1 unspecified atom stereocenters. The molecule has 0 bridgehead atoms. The lowest BCUT2D eigenvalue weighted by Gasteiger charge is -2.16. The third kappa shape index (κ3) is 2.17. The van der Waals surface area contributed by atoms with Gasteiger partial charge in [-0.1, -0.05) is 6.07 Å². The maximum Gasteiger partial charge on any atom is 0.163 e. The average Bonchev–Trinajstić information content (AvgIpc) is 3.10. The van der Waals surface area contributed by atoms with Crippen molar-refractivity contribution in [3.63, 3.8) is 0 Å². The van der Waals surface area contributed by atoms with E-state index in [4.69, 9.17) is 4.74 Å². The minimum atomic E-state index is -0.843. The molecular weight excluding hydrogens is 268 g/mol. The van der Waals surface area contributed by atoms with Crippen molar-refractivity contribution >= 4 is 5.52 Å². The van der Waals surface area contributed by atoms with Gasteiger partial charge in [0.25, 0.3) is 0 Å². The summed E-state index contributed by atoms with van der Waals surface area (Å²) in [5.41, 5.74) is 2.24. The van der Waals surface area contributed by atoms with Crippen LogP contribution in [0.5, 0.6) is 5.75 Å². The lowest BCUT2D eigenvalue weighted by atomic mass is 10.1. The second kappa shape index (κ2) is 5.21. The molecule has 0 aromatic carbocycles. The van der Waals surface area contributed by atoms with Crippen molar-refractivity contribution in [2.24, 2.45) is 0 Å². The average molecular weight is 286 g/mol. The Labute approximate surface area is 122 Å². The van der Waals surface area contributed by atoms with E-state index in [1.807, 2.05) is 38.2 Å². The number of rotatable bonds is 4. The zero-order valence-electron chi connectivity index (χ0n) is 12.3. The van der Waals surface area contributed by atoms with Crippen LogP contribution in [0.25, 0.3) is 5.52 Å². The summed E-state index contributed by atoms with van der Waals surface area (Å²) in [7, 11) is 1.58. The first-order chi connectivity index (χ1) is 10.1. The van der Waals surface area contributed by atoms with Gasteiger partial charge in [0.1, 0.15) is 11.8 Å². The van der Waals surface area contributed by atoms with Gasteiger partial charge in [-0.2, -0.15) is 10.2 Å². The molecule has 3 aromatic rings. The van der Waals surface area contributed by atoms with Crippen molar-refractivity contribution in [2.75, 3.05) is 7.11 Å². The zero-order valence-corrected chi connectivity index (χ0v) is 12.3. The molecule has 21 heavy (non-hydrogen) atoms. The Bertz CT molecular complexity index is 760. The van der Waals surface area contributed by atoms with E-state index < -0.39 is 6.10 Å². The number of aromatic nitrogens is 4. The summed E-state index contributed by atoms with van der Waals surface area (Å²) < 4.78 is 8.85. The molecule has 3 rings (SSSR count). The third-order valence-corrected chi connectivity index (χ3v) is 3.52. The van der Waals surface area contributed by atoms with Crippen molar-refractivity contribution in [3.05, 3.63) is 48.0 Å². The fourth-order valence-electron chi connectivity index (χ4n) is 2.50. The van der Waals surface area contributed by atoms with E-state index in [1.165, 1.54) is 0 Å².